The molecule has 15 heavy (non-hydrogen) atoms. The van der Waals surface area contributed by atoms with Crippen LogP contribution in [0.1, 0.15) is 32.1 Å². The first-order valence-corrected chi connectivity index (χ1v) is 6.36. The average molecular weight is 209 g/mol. The third-order valence-corrected chi connectivity index (χ3v) is 3.76. The second-order valence-electron chi connectivity index (χ2n) is 5.10. The second kappa shape index (κ2) is 5.66. The summed E-state index contributed by atoms with van der Waals surface area (Å²) >= 11 is 0. The van der Waals surface area contributed by atoms with Gasteiger partial charge in [-0.1, -0.05) is 12.2 Å². The van der Waals surface area contributed by atoms with Crippen molar-refractivity contribution in [1.29, 1.82) is 0 Å². The summed E-state index contributed by atoms with van der Waals surface area (Å²) in [5.41, 5.74) is 0. The van der Waals surface area contributed by atoms with Crippen LogP contribution >= 0.6 is 0 Å². The minimum absolute atomic E-state index is 0.376. The van der Waals surface area contributed by atoms with Gasteiger partial charge in [0.25, 0.3) is 0 Å². The van der Waals surface area contributed by atoms with E-state index >= 15 is 0 Å². The van der Waals surface area contributed by atoms with Gasteiger partial charge >= 0.3 is 0 Å². The standard InChI is InChI=1S/C13H23NO/c15-11-13-7-4-8-14(10-13)9-12-5-2-1-3-6-12/h1-2,12-13,15H,3-11H2/t12-,13-/m1/s1. The quantitative estimate of drug-likeness (QED) is 0.719. The van der Waals surface area contributed by atoms with Gasteiger partial charge in [0.1, 0.15) is 0 Å². The molecule has 0 amide bonds. The summed E-state index contributed by atoms with van der Waals surface area (Å²) in [7, 11) is 0. The normalized spacial score (nSPS) is 33.1. The van der Waals surface area contributed by atoms with Crippen LogP contribution in [0.2, 0.25) is 0 Å². The van der Waals surface area contributed by atoms with E-state index in [-0.39, 0.29) is 0 Å². The molecule has 0 unspecified atom stereocenters. The van der Waals surface area contributed by atoms with Crippen molar-refractivity contribution in [3.05, 3.63) is 12.2 Å². The molecule has 0 aromatic heterocycles. The number of likely N-dealkylation sites (tertiary alicyclic amines) is 1. The molecule has 1 N–H and O–H groups in total. The first-order valence-electron chi connectivity index (χ1n) is 6.36. The van der Waals surface area contributed by atoms with Gasteiger partial charge in [0.2, 0.25) is 0 Å². The van der Waals surface area contributed by atoms with E-state index < -0.39 is 0 Å². The largest absolute Gasteiger partial charge is 0.396 e. The Morgan fingerprint density at radius 2 is 2.13 bits per heavy atom. The summed E-state index contributed by atoms with van der Waals surface area (Å²) in [5, 5.41) is 9.18. The Balaban J connectivity index is 1.75. The van der Waals surface area contributed by atoms with Gasteiger partial charge in [-0.05, 0) is 50.5 Å². The van der Waals surface area contributed by atoms with E-state index in [2.05, 4.69) is 17.1 Å². The van der Waals surface area contributed by atoms with Gasteiger partial charge in [0, 0.05) is 19.7 Å². The summed E-state index contributed by atoms with van der Waals surface area (Å²) < 4.78 is 0. The van der Waals surface area contributed by atoms with Crippen molar-refractivity contribution >= 4 is 0 Å². The number of nitrogens with zero attached hydrogens (tertiary/aromatic N) is 1. The lowest BCUT2D eigenvalue weighted by molar-refractivity contribution is 0.106. The molecule has 0 radical (unpaired) electrons. The molecule has 0 spiro atoms. The topological polar surface area (TPSA) is 23.5 Å². The van der Waals surface area contributed by atoms with Crippen molar-refractivity contribution in [3.8, 4) is 0 Å². The maximum absolute atomic E-state index is 9.18. The van der Waals surface area contributed by atoms with Crippen LogP contribution in [-0.4, -0.2) is 36.2 Å². The summed E-state index contributed by atoms with van der Waals surface area (Å²) in [6.45, 7) is 4.00. The lowest BCUT2D eigenvalue weighted by Gasteiger charge is -2.34. The predicted molar refractivity (Wildman–Crippen MR) is 62.7 cm³/mol. The van der Waals surface area contributed by atoms with Crippen LogP contribution in [0.15, 0.2) is 12.2 Å². The van der Waals surface area contributed by atoms with Gasteiger partial charge in [-0.3, -0.25) is 0 Å². The van der Waals surface area contributed by atoms with E-state index in [0.717, 1.165) is 12.5 Å². The number of allylic oxidation sites excluding steroid dienone is 2. The number of aliphatic hydroxyl groups excluding tert-OH is 1. The minimum atomic E-state index is 0.376. The molecular weight excluding hydrogens is 186 g/mol. The molecule has 1 saturated heterocycles. The highest BCUT2D eigenvalue weighted by Gasteiger charge is 2.21. The fraction of sp³-hybridized carbons (Fsp3) is 0.846. The number of hydrogen-bond acceptors (Lipinski definition) is 2. The SMILES string of the molecule is OC[C@@H]1CCCN(C[C@@H]2CC=CCC2)C1. The molecule has 0 bridgehead atoms. The Labute approximate surface area is 93.0 Å². The molecular formula is C13H23NO. The van der Waals surface area contributed by atoms with Crippen molar-refractivity contribution in [1.82, 2.24) is 4.90 Å². The highest BCUT2D eigenvalue weighted by molar-refractivity contribution is 4.91. The van der Waals surface area contributed by atoms with Gasteiger partial charge in [0.05, 0.1) is 0 Å². The van der Waals surface area contributed by atoms with Crippen molar-refractivity contribution in [2.75, 3.05) is 26.2 Å². The van der Waals surface area contributed by atoms with Crippen molar-refractivity contribution in [3.63, 3.8) is 0 Å². The second-order valence-corrected chi connectivity index (χ2v) is 5.10. The highest BCUT2D eigenvalue weighted by atomic mass is 16.3. The number of hydrogen-bond donors (Lipinski definition) is 1. The van der Waals surface area contributed by atoms with Gasteiger partial charge < -0.3 is 10.0 Å². The average Bonchev–Trinajstić information content (AvgIpc) is 2.31. The number of rotatable bonds is 3. The van der Waals surface area contributed by atoms with Crippen LogP contribution < -0.4 is 0 Å². The van der Waals surface area contributed by atoms with Gasteiger partial charge in [-0.15, -0.1) is 0 Å². The number of aliphatic hydroxyl groups is 1. The van der Waals surface area contributed by atoms with Gasteiger partial charge in [-0.25, -0.2) is 0 Å². The van der Waals surface area contributed by atoms with E-state index in [9.17, 15) is 5.11 Å². The van der Waals surface area contributed by atoms with Crippen LogP contribution in [0.5, 0.6) is 0 Å². The molecule has 1 aliphatic carbocycles. The fourth-order valence-corrected chi connectivity index (χ4v) is 2.85. The predicted octanol–water partition coefficient (Wildman–Crippen LogP) is 2.05. The molecule has 2 atom stereocenters. The summed E-state index contributed by atoms with van der Waals surface area (Å²) in [6.07, 6.45) is 11.0. The first-order chi connectivity index (χ1) is 7.38. The van der Waals surface area contributed by atoms with Gasteiger partial charge in [-0.2, -0.15) is 0 Å². The van der Waals surface area contributed by atoms with Crippen molar-refractivity contribution < 1.29 is 5.11 Å². The fourth-order valence-electron chi connectivity index (χ4n) is 2.85. The Morgan fingerprint density at radius 3 is 2.87 bits per heavy atom. The van der Waals surface area contributed by atoms with Crippen LogP contribution in [0.3, 0.4) is 0 Å². The Bertz CT molecular complexity index is 215. The van der Waals surface area contributed by atoms with E-state index in [0.29, 0.717) is 12.5 Å². The van der Waals surface area contributed by atoms with E-state index in [1.165, 1.54) is 45.2 Å². The third kappa shape index (κ3) is 3.32. The lowest BCUT2D eigenvalue weighted by Crippen LogP contribution is -2.39. The molecule has 1 aliphatic heterocycles. The molecule has 1 fully saturated rings. The summed E-state index contributed by atoms with van der Waals surface area (Å²) in [5.74, 6) is 1.41. The molecule has 0 aromatic carbocycles. The molecule has 0 aromatic rings. The lowest BCUT2D eigenvalue weighted by atomic mass is 9.92. The monoisotopic (exact) mass is 209 g/mol. The van der Waals surface area contributed by atoms with Crippen molar-refractivity contribution in [2.45, 2.75) is 32.1 Å². The Kier molecular flexibility index (Phi) is 4.21. The van der Waals surface area contributed by atoms with Crippen LogP contribution in [0.4, 0.5) is 0 Å². The summed E-state index contributed by atoms with van der Waals surface area (Å²) in [4.78, 5) is 2.56. The Morgan fingerprint density at radius 1 is 1.20 bits per heavy atom. The molecule has 86 valence electrons. The minimum Gasteiger partial charge on any atom is -0.396 e. The van der Waals surface area contributed by atoms with Crippen LogP contribution in [0, 0.1) is 11.8 Å². The van der Waals surface area contributed by atoms with Crippen LogP contribution in [0.25, 0.3) is 0 Å². The smallest absolute Gasteiger partial charge is 0.0471 e. The van der Waals surface area contributed by atoms with Crippen LogP contribution in [-0.2, 0) is 0 Å². The first kappa shape index (κ1) is 11.2. The van der Waals surface area contributed by atoms with E-state index in [1.807, 2.05) is 0 Å². The van der Waals surface area contributed by atoms with Gasteiger partial charge in [0.15, 0.2) is 0 Å². The zero-order chi connectivity index (χ0) is 10.5. The van der Waals surface area contributed by atoms with E-state index in [4.69, 9.17) is 0 Å². The molecule has 2 heteroatoms. The molecule has 1 heterocycles. The molecule has 2 nitrogen and oxygen atoms in total. The zero-order valence-electron chi connectivity index (χ0n) is 9.57. The van der Waals surface area contributed by atoms with E-state index in [1.54, 1.807) is 0 Å². The maximum Gasteiger partial charge on any atom is 0.0471 e. The third-order valence-electron chi connectivity index (χ3n) is 3.76. The molecule has 2 rings (SSSR count). The molecule has 2 aliphatic rings. The highest BCUT2D eigenvalue weighted by Crippen LogP contribution is 2.22. The Hall–Kier alpha value is -0.340. The summed E-state index contributed by atoms with van der Waals surface area (Å²) in [6, 6.07) is 0. The zero-order valence-corrected chi connectivity index (χ0v) is 9.57. The molecule has 0 saturated carbocycles. The maximum atomic E-state index is 9.18. The number of piperidine rings is 1. The van der Waals surface area contributed by atoms with Crippen molar-refractivity contribution in [2.24, 2.45) is 11.8 Å².